The first-order valence-corrected chi connectivity index (χ1v) is 7.69. The van der Waals surface area contributed by atoms with Gasteiger partial charge in [-0.2, -0.15) is 0 Å². The number of hydrogen-bond donors (Lipinski definition) is 2. The van der Waals surface area contributed by atoms with Crippen molar-refractivity contribution in [1.82, 2.24) is 5.32 Å². The summed E-state index contributed by atoms with van der Waals surface area (Å²) in [6, 6.07) is 13.7. The van der Waals surface area contributed by atoms with E-state index in [0.717, 1.165) is 23.6 Å². The highest BCUT2D eigenvalue weighted by molar-refractivity contribution is 5.98. The van der Waals surface area contributed by atoms with Crippen molar-refractivity contribution < 1.29 is 9.90 Å². The molecule has 3 nitrogen and oxygen atoms in total. The lowest BCUT2D eigenvalue weighted by molar-refractivity contribution is 0.0841. The van der Waals surface area contributed by atoms with Crippen molar-refractivity contribution in [1.29, 1.82) is 0 Å². The van der Waals surface area contributed by atoms with Crippen LogP contribution in [0.2, 0.25) is 0 Å². The van der Waals surface area contributed by atoms with Gasteiger partial charge in [-0.1, -0.05) is 43.2 Å². The van der Waals surface area contributed by atoms with Gasteiger partial charge in [0.05, 0.1) is 6.10 Å². The molecular weight excluding hydrogens is 262 g/mol. The van der Waals surface area contributed by atoms with Gasteiger partial charge in [-0.25, -0.2) is 0 Å². The summed E-state index contributed by atoms with van der Waals surface area (Å²) in [4.78, 5) is 12.2. The third kappa shape index (κ3) is 3.24. The molecule has 2 N–H and O–H groups in total. The van der Waals surface area contributed by atoms with Crippen molar-refractivity contribution in [3.8, 4) is 0 Å². The number of amides is 1. The van der Waals surface area contributed by atoms with Crippen LogP contribution in [-0.2, 0) is 0 Å². The maximum Gasteiger partial charge on any atom is 0.251 e. The van der Waals surface area contributed by atoms with Gasteiger partial charge in [0, 0.05) is 12.1 Å². The lowest BCUT2D eigenvalue weighted by Gasteiger charge is -2.18. The van der Waals surface area contributed by atoms with Gasteiger partial charge < -0.3 is 10.4 Å². The lowest BCUT2D eigenvalue weighted by atomic mass is 10.0. The van der Waals surface area contributed by atoms with Crippen LogP contribution in [0.4, 0.5) is 0 Å². The summed E-state index contributed by atoms with van der Waals surface area (Å²) in [5.74, 6) is 0.236. The summed E-state index contributed by atoms with van der Waals surface area (Å²) < 4.78 is 0. The van der Waals surface area contributed by atoms with Crippen molar-refractivity contribution in [3.63, 3.8) is 0 Å². The predicted molar refractivity (Wildman–Crippen MR) is 84.2 cm³/mol. The van der Waals surface area contributed by atoms with E-state index in [1.54, 1.807) is 0 Å². The van der Waals surface area contributed by atoms with Crippen LogP contribution in [-0.4, -0.2) is 23.7 Å². The second kappa shape index (κ2) is 6.27. The minimum absolute atomic E-state index is 0.113. The van der Waals surface area contributed by atoms with Gasteiger partial charge in [0.15, 0.2) is 0 Å². The van der Waals surface area contributed by atoms with Crippen LogP contribution >= 0.6 is 0 Å². The fraction of sp³-hybridized carbons (Fsp3) is 0.389. The molecule has 0 spiro atoms. The molecule has 2 aromatic rings. The Morgan fingerprint density at radius 3 is 2.62 bits per heavy atom. The normalized spacial score (nSPS) is 17.0. The van der Waals surface area contributed by atoms with E-state index in [2.05, 4.69) is 5.32 Å². The number of rotatable bonds is 4. The molecule has 1 saturated carbocycles. The fourth-order valence-electron chi connectivity index (χ4n) is 3.14. The number of benzene rings is 2. The highest BCUT2D eigenvalue weighted by atomic mass is 16.3. The molecule has 3 rings (SSSR count). The fourth-order valence-corrected chi connectivity index (χ4v) is 3.14. The van der Waals surface area contributed by atoms with Gasteiger partial charge in [0.1, 0.15) is 0 Å². The molecule has 0 aliphatic heterocycles. The van der Waals surface area contributed by atoms with Gasteiger partial charge in [0.25, 0.3) is 5.91 Å². The Morgan fingerprint density at radius 1 is 1.14 bits per heavy atom. The summed E-state index contributed by atoms with van der Waals surface area (Å²) in [6.07, 6.45) is 4.12. The average molecular weight is 283 g/mol. The zero-order chi connectivity index (χ0) is 14.7. The second-order valence-electron chi connectivity index (χ2n) is 5.88. The zero-order valence-corrected chi connectivity index (χ0v) is 12.1. The van der Waals surface area contributed by atoms with Crippen molar-refractivity contribution >= 4 is 16.7 Å². The molecule has 1 aliphatic carbocycles. The quantitative estimate of drug-likeness (QED) is 0.905. The third-order valence-corrected chi connectivity index (χ3v) is 4.43. The van der Waals surface area contributed by atoms with Crippen LogP contribution < -0.4 is 5.32 Å². The van der Waals surface area contributed by atoms with E-state index in [1.807, 2.05) is 42.5 Å². The topological polar surface area (TPSA) is 49.3 Å². The summed E-state index contributed by atoms with van der Waals surface area (Å²) in [5.41, 5.74) is 0.646. The number of hydrogen-bond acceptors (Lipinski definition) is 2. The van der Waals surface area contributed by atoms with Crippen LogP contribution in [0, 0.1) is 5.92 Å². The number of nitrogens with one attached hydrogen (secondary N) is 1. The monoisotopic (exact) mass is 283 g/mol. The Labute approximate surface area is 125 Å². The van der Waals surface area contributed by atoms with Crippen molar-refractivity contribution in [2.24, 2.45) is 5.92 Å². The predicted octanol–water partition coefficient (Wildman–Crippen LogP) is 3.12. The van der Waals surface area contributed by atoms with Gasteiger partial charge >= 0.3 is 0 Å². The molecule has 3 heteroatoms. The van der Waals surface area contributed by atoms with Crippen LogP contribution in [0.1, 0.15) is 36.0 Å². The van der Waals surface area contributed by atoms with E-state index < -0.39 is 6.10 Å². The number of fused-ring (bicyclic) bond motifs is 1. The molecule has 1 amide bonds. The highest BCUT2D eigenvalue weighted by Crippen LogP contribution is 2.27. The number of carbonyl (C=O) groups excluding carboxylic acids is 1. The second-order valence-corrected chi connectivity index (χ2v) is 5.88. The molecule has 0 saturated heterocycles. The third-order valence-electron chi connectivity index (χ3n) is 4.43. The van der Waals surface area contributed by atoms with E-state index >= 15 is 0 Å². The van der Waals surface area contributed by atoms with Crippen molar-refractivity contribution in [2.45, 2.75) is 31.8 Å². The van der Waals surface area contributed by atoms with Crippen LogP contribution in [0.25, 0.3) is 10.8 Å². The van der Waals surface area contributed by atoms with E-state index in [9.17, 15) is 9.90 Å². The maximum absolute atomic E-state index is 12.2. The van der Waals surface area contributed by atoms with Gasteiger partial charge in [0.2, 0.25) is 0 Å². The Hall–Kier alpha value is -1.87. The molecule has 1 aliphatic rings. The van der Waals surface area contributed by atoms with Crippen LogP contribution in [0.15, 0.2) is 42.5 Å². The van der Waals surface area contributed by atoms with Gasteiger partial charge in [-0.3, -0.25) is 4.79 Å². The average Bonchev–Trinajstić information content (AvgIpc) is 3.06. The molecule has 21 heavy (non-hydrogen) atoms. The smallest absolute Gasteiger partial charge is 0.251 e. The molecule has 0 bridgehead atoms. The molecule has 2 aromatic carbocycles. The molecule has 1 unspecified atom stereocenters. The molecular formula is C18H21NO2. The van der Waals surface area contributed by atoms with Gasteiger partial charge in [-0.05, 0) is 41.7 Å². The van der Waals surface area contributed by atoms with E-state index in [4.69, 9.17) is 0 Å². The first-order chi connectivity index (χ1) is 10.2. The number of carbonyl (C=O) groups is 1. The van der Waals surface area contributed by atoms with E-state index in [0.29, 0.717) is 18.0 Å². The maximum atomic E-state index is 12.2. The largest absolute Gasteiger partial charge is 0.391 e. The first kappa shape index (κ1) is 14.1. The van der Waals surface area contributed by atoms with E-state index in [-0.39, 0.29) is 5.91 Å². The molecule has 0 aromatic heterocycles. The summed E-state index contributed by atoms with van der Waals surface area (Å²) in [5, 5.41) is 15.1. The molecule has 110 valence electrons. The van der Waals surface area contributed by atoms with Crippen molar-refractivity contribution in [3.05, 3.63) is 48.0 Å². The van der Waals surface area contributed by atoms with Crippen LogP contribution in [0.5, 0.6) is 0 Å². The zero-order valence-electron chi connectivity index (χ0n) is 12.1. The minimum Gasteiger partial charge on any atom is -0.391 e. The number of aliphatic hydroxyl groups is 1. The Morgan fingerprint density at radius 2 is 1.86 bits per heavy atom. The van der Waals surface area contributed by atoms with Crippen molar-refractivity contribution in [2.75, 3.05) is 6.54 Å². The first-order valence-electron chi connectivity index (χ1n) is 7.69. The Balaban J connectivity index is 1.63. The molecule has 0 heterocycles. The summed E-state index contributed by atoms with van der Waals surface area (Å²) in [6.45, 7) is 0.344. The lowest BCUT2D eigenvalue weighted by Crippen LogP contribution is -2.35. The Bertz CT molecular complexity index is 632. The molecule has 1 fully saturated rings. The van der Waals surface area contributed by atoms with Crippen LogP contribution in [0.3, 0.4) is 0 Å². The summed E-state index contributed by atoms with van der Waals surface area (Å²) in [7, 11) is 0. The Kier molecular flexibility index (Phi) is 4.20. The minimum atomic E-state index is -0.420. The SMILES string of the molecule is O=C(NCC(O)C1CCCC1)c1ccc2ccccc2c1. The molecule has 0 radical (unpaired) electrons. The summed E-state index contributed by atoms with van der Waals surface area (Å²) >= 11 is 0. The van der Waals surface area contributed by atoms with Gasteiger partial charge in [-0.15, -0.1) is 0 Å². The van der Waals surface area contributed by atoms with E-state index in [1.165, 1.54) is 12.8 Å². The molecule has 1 atom stereocenters. The number of aliphatic hydroxyl groups excluding tert-OH is 1. The standard InChI is InChI=1S/C18H21NO2/c20-17(14-6-2-3-7-14)12-19-18(21)16-10-9-13-5-1-4-8-15(13)11-16/h1,4-5,8-11,14,17,20H,2-3,6-7,12H2,(H,19,21). The highest BCUT2D eigenvalue weighted by Gasteiger charge is 2.23.